The molecule has 0 saturated carbocycles. The lowest BCUT2D eigenvalue weighted by Crippen LogP contribution is -2.03. The third kappa shape index (κ3) is 6.31. The molecule has 0 amide bonds. The monoisotopic (exact) mass is 390 g/mol. The van der Waals surface area contributed by atoms with Crippen LogP contribution in [-0.4, -0.2) is 22.5 Å². The van der Waals surface area contributed by atoms with Gasteiger partial charge in [-0.3, -0.25) is 4.79 Å². The summed E-state index contributed by atoms with van der Waals surface area (Å²) in [6.45, 7) is 2.32. The molecule has 0 atom stereocenters. The van der Waals surface area contributed by atoms with Crippen LogP contribution in [0.25, 0.3) is 22.5 Å². The summed E-state index contributed by atoms with van der Waals surface area (Å²) in [7, 11) is 0. The van der Waals surface area contributed by atoms with Crippen LogP contribution in [0.4, 0.5) is 0 Å². The Labute approximate surface area is 173 Å². The van der Waals surface area contributed by atoms with Crippen molar-refractivity contribution < 1.29 is 9.53 Å². The van der Waals surface area contributed by atoms with Crippen molar-refractivity contribution in [3.8, 4) is 22.5 Å². The summed E-state index contributed by atoms with van der Waals surface area (Å²) in [4.78, 5) is 19.8. The molecular formula is C25H30N2O2. The maximum atomic E-state index is 11.4. The first-order valence-electron chi connectivity index (χ1n) is 10.6. The lowest BCUT2D eigenvalue weighted by Gasteiger charge is -2.02. The minimum absolute atomic E-state index is 0.0787. The lowest BCUT2D eigenvalue weighted by atomic mass is 10.1. The van der Waals surface area contributed by atoms with E-state index in [9.17, 15) is 4.79 Å². The van der Waals surface area contributed by atoms with Crippen LogP contribution in [-0.2, 0) is 16.0 Å². The largest absolute Gasteiger partial charge is 0.466 e. The zero-order valence-electron chi connectivity index (χ0n) is 17.2. The number of aromatic nitrogens is 2. The molecule has 0 radical (unpaired) electrons. The van der Waals surface area contributed by atoms with Crippen molar-refractivity contribution in [3.63, 3.8) is 0 Å². The van der Waals surface area contributed by atoms with E-state index in [4.69, 9.17) is 9.72 Å². The van der Waals surface area contributed by atoms with Crippen molar-refractivity contribution in [1.29, 1.82) is 0 Å². The van der Waals surface area contributed by atoms with Crippen LogP contribution in [0.1, 0.15) is 51.3 Å². The number of carbonyl (C=O) groups excluding carboxylic acids is 1. The van der Waals surface area contributed by atoms with E-state index in [1.807, 2.05) is 19.1 Å². The van der Waals surface area contributed by atoms with Crippen LogP contribution < -0.4 is 0 Å². The highest BCUT2D eigenvalue weighted by Crippen LogP contribution is 2.30. The SMILES string of the molecule is CCOC(=O)CCCCCCCc1nc(-c2ccccc2)c(-c2ccccc2)[nH]1. The van der Waals surface area contributed by atoms with Crippen molar-refractivity contribution in [3.05, 3.63) is 66.5 Å². The van der Waals surface area contributed by atoms with Gasteiger partial charge in [0.25, 0.3) is 0 Å². The van der Waals surface area contributed by atoms with E-state index >= 15 is 0 Å². The van der Waals surface area contributed by atoms with Crippen molar-refractivity contribution >= 4 is 5.97 Å². The normalized spacial score (nSPS) is 10.8. The molecule has 152 valence electrons. The summed E-state index contributed by atoms with van der Waals surface area (Å²) >= 11 is 0. The molecule has 4 heteroatoms. The van der Waals surface area contributed by atoms with Crippen molar-refractivity contribution in [2.24, 2.45) is 0 Å². The maximum Gasteiger partial charge on any atom is 0.305 e. The molecule has 0 saturated heterocycles. The standard InChI is InChI=1S/C25H30N2O2/c1-2-29-23(28)19-13-5-3-4-12-18-22-26-24(20-14-8-6-9-15-20)25(27-22)21-16-10-7-11-17-21/h6-11,14-17H,2-5,12-13,18-19H2,1H3,(H,26,27). The summed E-state index contributed by atoms with van der Waals surface area (Å²) in [5, 5.41) is 0. The fourth-order valence-corrected chi connectivity index (χ4v) is 3.48. The number of unbranched alkanes of at least 4 members (excludes halogenated alkanes) is 4. The number of aryl methyl sites for hydroxylation is 1. The first-order chi connectivity index (χ1) is 14.3. The predicted molar refractivity (Wildman–Crippen MR) is 117 cm³/mol. The second-order valence-corrected chi connectivity index (χ2v) is 7.21. The van der Waals surface area contributed by atoms with Gasteiger partial charge in [0.2, 0.25) is 0 Å². The van der Waals surface area contributed by atoms with Gasteiger partial charge in [0.1, 0.15) is 5.82 Å². The van der Waals surface area contributed by atoms with E-state index in [1.54, 1.807) is 0 Å². The van der Waals surface area contributed by atoms with Crippen molar-refractivity contribution in [2.45, 2.75) is 51.9 Å². The summed E-state index contributed by atoms with van der Waals surface area (Å²) in [5.74, 6) is 0.958. The molecule has 3 aromatic rings. The first-order valence-corrected chi connectivity index (χ1v) is 10.6. The Morgan fingerprint density at radius 1 is 0.862 bits per heavy atom. The summed E-state index contributed by atoms with van der Waals surface area (Å²) < 4.78 is 4.96. The highest BCUT2D eigenvalue weighted by molar-refractivity contribution is 5.78. The van der Waals surface area contributed by atoms with E-state index in [-0.39, 0.29) is 5.97 Å². The maximum absolute atomic E-state index is 11.4. The molecule has 0 spiro atoms. The minimum Gasteiger partial charge on any atom is -0.466 e. The quantitative estimate of drug-likeness (QED) is 0.314. The van der Waals surface area contributed by atoms with Gasteiger partial charge in [-0.05, 0) is 19.8 Å². The minimum atomic E-state index is -0.0787. The Bertz CT molecular complexity index is 815. The molecule has 1 heterocycles. The number of imidazole rings is 1. The number of benzene rings is 2. The zero-order valence-corrected chi connectivity index (χ0v) is 17.2. The number of esters is 1. The average molecular weight is 391 g/mol. The van der Waals surface area contributed by atoms with E-state index in [2.05, 4.69) is 53.5 Å². The summed E-state index contributed by atoms with van der Waals surface area (Å²) in [6, 6.07) is 20.7. The molecule has 4 nitrogen and oxygen atoms in total. The van der Waals surface area contributed by atoms with Gasteiger partial charge < -0.3 is 9.72 Å². The highest BCUT2D eigenvalue weighted by atomic mass is 16.5. The number of nitrogens with zero attached hydrogens (tertiary/aromatic N) is 1. The van der Waals surface area contributed by atoms with Gasteiger partial charge in [0.05, 0.1) is 18.0 Å². The Morgan fingerprint density at radius 3 is 2.17 bits per heavy atom. The number of H-pyrrole nitrogens is 1. The van der Waals surface area contributed by atoms with E-state index < -0.39 is 0 Å². The van der Waals surface area contributed by atoms with E-state index in [0.29, 0.717) is 13.0 Å². The first kappa shape index (κ1) is 20.8. The number of carbonyl (C=O) groups is 1. The summed E-state index contributed by atoms with van der Waals surface area (Å²) in [6.07, 6.45) is 6.83. The third-order valence-electron chi connectivity index (χ3n) is 4.96. The molecule has 29 heavy (non-hydrogen) atoms. The molecule has 0 aliphatic heterocycles. The molecular weight excluding hydrogens is 360 g/mol. The number of nitrogens with one attached hydrogen (secondary N) is 1. The molecule has 0 fully saturated rings. The number of aromatic amines is 1. The van der Waals surface area contributed by atoms with Gasteiger partial charge in [0.15, 0.2) is 0 Å². The van der Waals surface area contributed by atoms with Gasteiger partial charge in [-0.15, -0.1) is 0 Å². The number of ether oxygens (including phenoxy) is 1. The van der Waals surface area contributed by atoms with Gasteiger partial charge in [0, 0.05) is 24.0 Å². The molecule has 1 N–H and O–H groups in total. The number of rotatable bonds is 11. The molecule has 0 aliphatic carbocycles. The molecule has 0 bridgehead atoms. The smallest absolute Gasteiger partial charge is 0.305 e. The van der Waals surface area contributed by atoms with Gasteiger partial charge in [-0.2, -0.15) is 0 Å². The number of hydrogen-bond donors (Lipinski definition) is 1. The lowest BCUT2D eigenvalue weighted by molar-refractivity contribution is -0.143. The van der Waals surface area contributed by atoms with Gasteiger partial charge >= 0.3 is 5.97 Å². The third-order valence-corrected chi connectivity index (χ3v) is 4.96. The van der Waals surface area contributed by atoms with Crippen molar-refractivity contribution in [1.82, 2.24) is 9.97 Å². The fraction of sp³-hybridized carbons (Fsp3) is 0.360. The second kappa shape index (κ2) is 11.2. The van der Waals surface area contributed by atoms with Crippen LogP contribution in [0.5, 0.6) is 0 Å². The van der Waals surface area contributed by atoms with Crippen LogP contribution in [0.15, 0.2) is 60.7 Å². The Hall–Kier alpha value is -2.88. The Balaban J connectivity index is 1.55. The van der Waals surface area contributed by atoms with Crippen LogP contribution in [0, 0.1) is 0 Å². The molecule has 2 aromatic carbocycles. The Kier molecular flexibility index (Phi) is 8.05. The topological polar surface area (TPSA) is 55.0 Å². The molecule has 0 unspecified atom stereocenters. The predicted octanol–water partition coefficient (Wildman–Crippen LogP) is 6.19. The van der Waals surface area contributed by atoms with Crippen LogP contribution >= 0.6 is 0 Å². The summed E-state index contributed by atoms with van der Waals surface area (Å²) in [5.41, 5.74) is 4.39. The zero-order chi connectivity index (χ0) is 20.3. The second-order valence-electron chi connectivity index (χ2n) is 7.21. The highest BCUT2D eigenvalue weighted by Gasteiger charge is 2.13. The van der Waals surface area contributed by atoms with Gasteiger partial charge in [-0.1, -0.05) is 79.9 Å². The average Bonchev–Trinajstić information content (AvgIpc) is 3.19. The van der Waals surface area contributed by atoms with E-state index in [1.165, 1.54) is 0 Å². The van der Waals surface area contributed by atoms with Crippen LogP contribution in [0.3, 0.4) is 0 Å². The molecule has 3 rings (SSSR count). The Morgan fingerprint density at radius 2 is 1.48 bits per heavy atom. The molecule has 0 aliphatic rings. The van der Waals surface area contributed by atoms with Crippen molar-refractivity contribution in [2.75, 3.05) is 6.61 Å². The number of hydrogen-bond acceptors (Lipinski definition) is 3. The molecule has 1 aromatic heterocycles. The fourth-order valence-electron chi connectivity index (χ4n) is 3.48. The van der Waals surface area contributed by atoms with E-state index in [0.717, 1.165) is 66.9 Å². The van der Waals surface area contributed by atoms with Gasteiger partial charge in [-0.25, -0.2) is 4.98 Å². The van der Waals surface area contributed by atoms with Crippen LogP contribution in [0.2, 0.25) is 0 Å².